The smallest absolute Gasteiger partial charge is 0.127 e. The van der Waals surface area contributed by atoms with E-state index < -0.39 is 0 Å². The van der Waals surface area contributed by atoms with Crippen molar-refractivity contribution in [2.75, 3.05) is 13.1 Å². The average molecular weight is 256 g/mol. The SMILES string of the molecule is NCC(CN)Cc1ccc(Oc2ccccc2)cc1. The molecular weight excluding hydrogens is 236 g/mol. The Labute approximate surface area is 114 Å². The van der Waals surface area contributed by atoms with Crippen molar-refractivity contribution in [1.29, 1.82) is 0 Å². The van der Waals surface area contributed by atoms with Gasteiger partial charge in [-0.2, -0.15) is 0 Å². The highest BCUT2D eigenvalue weighted by Crippen LogP contribution is 2.21. The van der Waals surface area contributed by atoms with Crippen LogP contribution in [0.1, 0.15) is 5.56 Å². The summed E-state index contributed by atoms with van der Waals surface area (Å²) < 4.78 is 5.74. The summed E-state index contributed by atoms with van der Waals surface area (Å²) in [7, 11) is 0. The number of ether oxygens (including phenoxy) is 1. The van der Waals surface area contributed by atoms with Gasteiger partial charge in [-0.3, -0.25) is 0 Å². The van der Waals surface area contributed by atoms with Crippen LogP contribution >= 0.6 is 0 Å². The Bertz CT molecular complexity index is 478. The molecule has 2 aromatic rings. The lowest BCUT2D eigenvalue weighted by Gasteiger charge is -2.12. The number of benzene rings is 2. The van der Waals surface area contributed by atoms with Crippen molar-refractivity contribution < 1.29 is 4.74 Å². The maximum Gasteiger partial charge on any atom is 0.127 e. The van der Waals surface area contributed by atoms with Gasteiger partial charge in [-0.15, -0.1) is 0 Å². The van der Waals surface area contributed by atoms with E-state index in [1.54, 1.807) is 0 Å². The summed E-state index contributed by atoms with van der Waals surface area (Å²) in [5, 5.41) is 0. The van der Waals surface area contributed by atoms with Gasteiger partial charge in [0.1, 0.15) is 11.5 Å². The van der Waals surface area contributed by atoms with E-state index in [4.69, 9.17) is 16.2 Å². The number of rotatable bonds is 6. The van der Waals surface area contributed by atoms with Crippen LogP contribution < -0.4 is 16.2 Å². The van der Waals surface area contributed by atoms with E-state index in [0.717, 1.165) is 17.9 Å². The summed E-state index contributed by atoms with van der Waals surface area (Å²) >= 11 is 0. The fourth-order valence-electron chi connectivity index (χ4n) is 1.91. The molecule has 0 aliphatic carbocycles. The molecule has 0 spiro atoms. The lowest BCUT2D eigenvalue weighted by atomic mass is 10.00. The Morgan fingerprint density at radius 1 is 0.789 bits per heavy atom. The van der Waals surface area contributed by atoms with Crippen LogP contribution in [0.4, 0.5) is 0 Å². The lowest BCUT2D eigenvalue weighted by Crippen LogP contribution is -2.25. The zero-order valence-corrected chi connectivity index (χ0v) is 11.0. The van der Waals surface area contributed by atoms with E-state index in [2.05, 4.69) is 12.1 Å². The van der Waals surface area contributed by atoms with Crippen LogP contribution in [0.2, 0.25) is 0 Å². The highest BCUT2D eigenvalue weighted by atomic mass is 16.5. The molecule has 2 rings (SSSR count). The summed E-state index contributed by atoms with van der Waals surface area (Å²) in [5.74, 6) is 2.03. The number of nitrogens with two attached hydrogens (primary N) is 2. The van der Waals surface area contributed by atoms with E-state index in [-0.39, 0.29) is 0 Å². The Balaban J connectivity index is 1.98. The largest absolute Gasteiger partial charge is 0.457 e. The van der Waals surface area contributed by atoms with Gasteiger partial charge < -0.3 is 16.2 Å². The molecule has 3 nitrogen and oxygen atoms in total. The Kier molecular flexibility index (Phi) is 4.95. The van der Waals surface area contributed by atoms with Gasteiger partial charge in [0.15, 0.2) is 0 Å². The van der Waals surface area contributed by atoms with E-state index in [1.807, 2.05) is 42.5 Å². The van der Waals surface area contributed by atoms with E-state index in [1.165, 1.54) is 5.56 Å². The maximum absolute atomic E-state index is 5.74. The van der Waals surface area contributed by atoms with Crippen LogP contribution in [0.3, 0.4) is 0 Å². The normalized spacial score (nSPS) is 10.7. The average Bonchev–Trinajstić information content (AvgIpc) is 2.47. The standard InChI is InChI=1S/C16H20N2O/c17-11-14(12-18)10-13-6-8-16(9-7-13)19-15-4-2-1-3-5-15/h1-9,14H,10-12,17-18H2. The molecule has 0 unspecified atom stereocenters. The molecule has 0 atom stereocenters. The fraction of sp³-hybridized carbons (Fsp3) is 0.250. The third kappa shape index (κ3) is 4.09. The summed E-state index contributed by atoms with van der Waals surface area (Å²) in [5.41, 5.74) is 12.6. The van der Waals surface area contributed by atoms with Crippen molar-refractivity contribution in [1.82, 2.24) is 0 Å². The molecule has 0 radical (unpaired) electrons. The van der Waals surface area contributed by atoms with Gasteiger partial charge in [0.05, 0.1) is 0 Å². The Hall–Kier alpha value is -1.84. The molecule has 100 valence electrons. The summed E-state index contributed by atoms with van der Waals surface area (Å²) in [4.78, 5) is 0. The van der Waals surface area contributed by atoms with Gasteiger partial charge in [0.2, 0.25) is 0 Å². The minimum Gasteiger partial charge on any atom is -0.457 e. The molecule has 0 heterocycles. The molecule has 19 heavy (non-hydrogen) atoms. The first-order valence-electron chi connectivity index (χ1n) is 6.54. The zero-order valence-electron chi connectivity index (χ0n) is 11.0. The van der Waals surface area contributed by atoms with Crippen molar-refractivity contribution in [2.45, 2.75) is 6.42 Å². The summed E-state index contributed by atoms with van der Waals surface area (Å²) in [6.45, 7) is 1.25. The Morgan fingerprint density at radius 3 is 1.95 bits per heavy atom. The summed E-state index contributed by atoms with van der Waals surface area (Å²) in [6.07, 6.45) is 0.915. The molecule has 0 saturated heterocycles. The van der Waals surface area contributed by atoms with Crippen LogP contribution in [-0.2, 0) is 6.42 Å². The topological polar surface area (TPSA) is 61.3 Å². The van der Waals surface area contributed by atoms with Crippen molar-refractivity contribution in [3.63, 3.8) is 0 Å². The highest BCUT2D eigenvalue weighted by molar-refractivity contribution is 5.33. The predicted octanol–water partition coefficient (Wildman–Crippen LogP) is 2.56. The van der Waals surface area contributed by atoms with Gasteiger partial charge in [-0.1, -0.05) is 30.3 Å². The second kappa shape index (κ2) is 6.92. The maximum atomic E-state index is 5.74. The highest BCUT2D eigenvalue weighted by Gasteiger charge is 2.05. The molecule has 0 bridgehead atoms. The molecule has 0 amide bonds. The number of para-hydroxylation sites is 1. The van der Waals surface area contributed by atoms with Crippen LogP contribution in [0.25, 0.3) is 0 Å². The van der Waals surface area contributed by atoms with Gasteiger partial charge in [-0.25, -0.2) is 0 Å². The number of hydrogen-bond acceptors (Lipinski definition) is 3. The van der Waals surface area contributed by atoms with Gasteiger partial charge in [0, 0.05) is 0 Å². The molecule has 0 aliphatic rings. The van der Waals surface area contributed by atoms with Crippen molar-refractivity contribution >= 4 is 0 Å². The fourth-order valence-corrected chi connectivity index (χ4v) is 1.91. The molecule has 2 aromatic carbocycles. The first kappa shape index (κ1) is 13.6. The quantitative estimate of drug-likeness (QED) is 0.835. The van der Waals surface area contributed by atoms with Crippen molar-refractivity contribution in [2.24, 2.45) is 17.4 Å². The predicted molar refractivity (Wildman–Crippen MR) is 78.3 cm³/mol. The molecule has 0 aliphatic heterocycles. The first-order valence-corrected chi connectivity index (χ1v) is 6.54. The zero-order chi connectivity index (χ0) is 13.5. The third-order valence-corrected chi connectivity index (χ3v) is 3.09. The minimum absolute atomic E-state index is 0.348. The number of hydrogen-bond donors (Lipinski definition) is 2. The van der Waals surface area contributed by atoms with Crippen molar-refractivity contribution in [3.05, 3.63) is 60.2 Å². The molecule has 0 saturated carbocycles. The van der Waals surface area contributed by atoms with Crippen LogP contribution in [0.5, 0.6) is 11.5 Å². The van der Waals surface area contributed by atoms with Crippen LogP contribution in [-0.4, -0.2) is 13.1 Å². The molecular formula is C16H20N2O. The molecule has 4 N–H and O–H groups in total. The van der Waals surface area contributed by atoms with E-state index in [9.17, 15) is 0 Å². The van der Waals surface area contributed by atoms with Crippen LogP contribution in [0, 0.1) is 5.92 Å². The van der Waals surface area contributed by atoms with Gasteiger partial charge in [0.25, 0.3) is 0 Å². The monoisotopic (exact) mass is 256 g/mol. The first-order chi connectivity index (χ1) is 9.31. The molecule has 0 fully saturated rings. The van der Waals surface area contributed by atoms with Crippen molar-refractivity contribution in [3.8, 4) is 11.5 Å². The van der Waals surface area contributed by atoms with Gasteiger partial charge >= 0.3 is 0 Å². The third-order valence-electron chi connectivity index (χ3n) is 3.09. The lowest BCUT2D eigenvalue weighted by molar-refractivity contribution is 0.482. The Morgan fingerprint density at radius 2 is 1.37 bits per heavy atom. The second-order valence-electron chi connectivity index (χ2n) is 4.60. The van der Waals surface area contributed by atoms with Gasteiger partial charge in [-0.05, 0) is 55.3 Å². The minimum atomic E-state index is 0.348. The second-order valence-corrected chi connectivity index (χ2v) is 4.60. The summed E-state index contributed by atoms with van der Waals surface area (Å²) in [6, 6.07) is 17.8. The molecule has 0 aromatic heterocycles. The van der Waals surface area contributed by atoms with Crippen LogP contribution in [0.15, 0.2) is 54.6 Å². The molecule has 3 heteroatoms. The van der Waals surface area contributed by atoms with E-state index in [0.29, 0.717) is 19.0 Å². The van der Waals surface area contributed by atoms with E-state index >= 15 is 0 Å².